The number of rotatable bonds is 5. The molecule has 2 saturated heterocycles. The summed E-state index contributed by atoms with van der Waals surface area (Å²) in [6, 6.07) is 9.84. The smallest absolute Gasteiger partial charge is 0.239 e. The minimum atomic E-state index is -3.03. The van der Waals surface area contributed by atoms with Crippen LogP contribution in [0.5, 0.6) is 0 Å². The average Bonchev–Trinajstić information content (AvgIpc) is 3.47. The van der Waals surface area contributed by atoms with E-state index in [1.54, 1.807) is 22.1 Å². The predicted molar refractivity (Wildman–Crippen MR) is 121 cm³/mol. The van der Waals surface area contributed by atoms with Crippen molar-refractivity contribution in [2.24, 2.45) is 0 Å². The molecule has 2 unspecified atom stereocenters. The van der Waals surface area contributed by atoms with Crippen LogP contribution in [-0.2, 0) is 14.6 Å². The van der Waals surface area contributed by atoms with Crippen LogP contribution >= 0.6 is 11.3 Å². The van der Waals surface area contributed by atoms with Crippen LogP contribution in [0.15, 0.2) is 30.3 Å². The van der Waals surface area contributed by atoms with Crippen molar-refractivity contribution < 1.29 is 13.2 Å². The third-order valence-electron chi connectivity index (χ3n) is 5.99. The lowest BCUT2D eigenvalue weighted by Crippen LogP contribution is -2.33. The molecule has 5 rings (SSSR count). The van der Waals surface area contributed by atoms with Crippen molar-refractivity contribution >= 4 is 43.1 Å². The molecular weight excluding hydrogens is 434 g/mol. The number of hydrogen-bond donors (Lipinski definition) is 1. The van der Waals surface area contributed by atoms with Gasteiger partial charge in [0.2, 0.25) is 5.91 Å². The summed E-state index contributed by atoms with van der Waals surface area (Å²) < 4.78 is 26.6. The molecule has 0 aliphatic carbocycles. The number of anilines is 1. The molecular formula is C21H25N5O3S2. The van der Waals surface area contributed by atoms with Crippen LogP contribution in [0.3, 0.4) is 0 Å². The first-order valence-corrected chi connectivity index (χ1v) is 13.2. The Kier molecular flexibility index (Phi) is 5.31. The Morgan fingerprint density at radius 3 is 2.90 bits per heavy atom. The van der Waals surface area contributed by atoms with Gasteiger partial charge in [0, 0.05) is 6.07 Å². The molecule has 2 fully saturated rings. The molecule has 8 nitrogen and oxygen atoms in total. The Balaban J connectivity index is 1.29. The molecule has 2 aliphatic heterocycles. The lowest BCUT2D eigenvalue weighted by molar-refractivity contribution is -0.117. The van der Waals surface area contributed by atoms with Gasteiger partial charge in [0.1, 0.15) is 10.8 Å². The van der Waals surface area contributed by atoms with Crippen LogP contribution in [0.1, 0.15) is 42.0 Å². The summed E-state index contributed by atoms with van der Waals surface area (Å²) in [6.45, 7) is 2.97. The Morgan fingerprint density at radius 2 is 2.13 bits per heavy atom. The van der Waals surface area contributed by atoms with E-state index >= 15 is 0 Å². The number of likely N-dealkylation sites (tertiary alicyclic amines) is 1. The van der Waals surface area contributed by atoms with Gasteiger partial charge in [-0.05, 0) is 44.9 Å². The van der Waals surface area contributed by atoms with Crippen molar-refractivity contribution in [3.8, 4) is 0 Å². The number of carbonyl (C=O) groups excluding carboxylic acids is 1. The van der Waals surface area contributed by atoms with Gasteiger partial charge in [0.25, 0.3) is 0 Å². The van der Waals surface area contributed by atoms with Crippen molar-refractivity contribution in [3.63, 3.8) is 0 Å². The summed E-state index contributed by atoms with van der Waals surface area (Å²) in [5.74, 6) is 0.694. The van der Waals surface area contributed by atoms with Crippen molar-refractivity contribution in [2.75, 3.05) is 29.9 Å². The van der Waals surface area contributed by atoms with E-state index in [0.717, 1.165) is 35.6 Å². The number of hydrogen-bond acceptors (Lipinski definition) is 7. The fourth-order valence-corrected chi connectivity index (χ4v) is 7.38. The number of aryl methyl sites for hydroxylation is 1. The van der Waals surface area contributed by atoms with Gasteiger partial charge in [-0.3, -0.25) is 9.69 Å². The standard InChI is InChI=1S/C21H25N5O3S2/c1-14-11-19(26(24-14)15-8-10-31(28,29)13-15)23-20(27)12-25-9-4-6-17(25)21-22-16-5-2-3-7-18(16)30-21/h2-3,5,7,11,15,17H,4,6,8-10,12-13H2,1H3,(H,23,27). The minimum Gasteiger partial charge on any atom is -0.310 e. The highest BCUT2D eigenvalue weighted by molar-refractivity contribution is 7.91. The van der Waals surface area contributed by atoms with E-state index in [-0.39, 0.29) is 36.0 Å². The van der Waals surface area contributed by atoms with Crippen LogP contribution in [0, 0.1) is 6.92 Å². The SMILES string of the molecule is Cc1cc(NC(=O)CN2CCCC2c2nc3ccccc3s2)n(C2CCS(=O)(=O)C2)n1. The van der Waals surface area contributed by atoms with Gasteiger partial charge in [-0.25, -0.2) is 18.1 Å². The fourth-order valence-electron chi connectivity index (χ4n) is 4.55. The number of carbonyl (C=O) groups is 1. The number of aromatic nitrogens is 3. The molecule has 1 N–H and O–H groups in total. The topological polar surface area (TPSA) is 97.2 Å². The summed E-state index contributed by atoms with van der Waals surface area (Å²) >= 11 is 1.70. The average molecular weight is 460 g/mol. The van der Waals surface area contributed by atoms with E-state index in [0.29, 0.717) is 12.2 Å². The maximum atomic E-state index is 12.9. The fraction of sp³-hybridized carbons (Fsp3) is 0.476. The number of thiazole rings is 1. The highest BCUT2D eigenvalue weighted by Gasteiger charge is 2.33. The molecule has 4 heterocycles. The van der Waals surface area contributed by atoms with E-state index in [2.05, 4.69) is 21.4 Å². The largest absolute Gasteiger partial charge is 0.310 e. The molecule has 2 aromatic heterocycles. The van der Waals surface area contributed by atoms with Gasteiger partial charge in [-0.1, -0.05) is 12.1 Å². The molecule has 3 aromatic rings. The summed E-state index contributed by atoms with van der Waals surface area (Å²) in [5, 5.41) is 8.47. The summed E-state index contributed by atoms with van der Waals surface area (Å²) in [7, 11) is -3.03. The highest BCUT2D eigenvalue weighted by Crippen LogP contribution is 2.36. The van der Waals surface area contributed by atoms with E-state index in [1.165, 1.54) is 4.70 Å². The van der Waals surface area contributed by atoms with Crippen LogP contribution in [0.2, 0.25) is 0 Å². The van der Waals surface area contributed by atoms with Gasteiger partial charge in [0.05, 0.1) is 46.0 Å². The van der Waals surface area contributed by atoms with Gasteiger partial charge in [-0.2, -0.15) is 5.10 Å². The second-order valence-corrected chi connectivity index (χ2v) is 11.7. The zero-order valence-corrected chi connectivity index (χ0v) is 19.0. The quantitative estimate of drug-likeness (QED) is 0.630. The first-order valence-electron chi connectivity index (χ1n) is 10.5. The number of para-hydroxylation sites is 1. The number of nitrogens with zero attached hydrogens (tertiary/aromatic N) is 4. The number of benzene rings is 1. The predicted octanol–water partition coefficient (Wildman–Crippen LogP) is 2.94. The highest BCUT2D eigenvalue weighted by atomic mass is 32.2. The van der Waals surface area contributed by atoms with Crippen LogP contribution in [0.4, 0.5) is 5.82 Å². The molecule has 2 atom stereocenters. The van der Waals surface area contributed by atoms with E-state index in [1.807, 2.05) is 25.1 Å². The summed E-state index contributed by atoms with van der Waals surface area (Å²) in [5.41, 5.74) is 1.76. The third kappa shape index (κ3) is 4.24. The second-order valence-electron chi connectivity index (χ2n) is 8.37. The van der Waals surface area contributed by atoms with Gasteiger partial charge in [0.15, 0.2) is 9.84 Å². The van der Waals surface area contributed by atoms with Crippen LogP contribution in [0.25, 0.3) is 10.2 Å². The normalized spacial score (nSPS) is 23.5. The number of amides is 1. The molecule has 0 saturated carbocycles. The third-order valence-corrected chi connectivity index (χ3v) is 8.87. The number of fused-ring (bicyclic) bond motifs is 1. The number of nitrogens with one attached hydrogen (secondary N) is 1. The molecule has 31 heavy (non-hydrogen) atoms. The van der Waals surface area contributed by atoms with Gasteiger partial charge < -0.3 is 5.32 Å². The van der Waals surface area contributed by atoms with E-state index < -0.39 is 9.84 Å². The lowest BCUT2D eigenvalue weighted by Gasteiger charge is -2.22. The molecule has 0 bridgehead atoms. The Labute approximate surface area is 185 Å². The summed E-state index contributed by atoms with van der Waals surface area (Å²) in [4.78, 5) is 19.9. The van der Waals surface area contributed by atoms with Crippen molar-refractivity contribution in [1.29, 1.82) is 0 Å². The lowest BCUT2D eigenvalue weighted by atomic mass is 10.2. The summed E-state index contributed by atoms with van der Waals surface area (Å²) in [6.07, 6.45) is 2.55. The van der Waals surface area contributed by atoms with Crippen molar-refractivity contribution in [1.82, 2.24) is 19.7 Å². The zero-order valence-electron chi connectivity index (χ0n) is 17.3. The maximum Gasteiger partial charge on any atom is 0.239 e. The molecule has 1 amide bonds. The zero-order chi connectivity index (χ0) is 21.6. The molecule has 10 heteroatoms. The van der Waals surface area contributed by atoms with E-state index in [4.69, 9.17) is 4.98 Å². The first kappa shape index (κ1) is 20.6. The van der Waals surface area contributed by atoms with Crippen molar-refractivity contribution in [3.05, 3.63) is 41.0 Å². The first-order chi connectivity index (χ1) is 14.9. The number of sulfone groups is 1. The Morgan fingerprint density at radius 1 is 1.29 bits per heavy atom. The van der Waals surface area contributed by atoms with Gasteiger partial charge >= 0.3 is 0 Å². The maximum absolute atomic E-state index is 12.9. The molecule has 1 aromatic carbocycles. The van der Waals surface area contributed by atoms with Crippen molar-refractivity contribution in [2.45, 2.75) is 38.3 Å². The van der Waals surface area contributed by atoms with Gasteiger partial charge in [-0.15, -0.1) is 11.3 Å². The second kappa shape index (κ2) is 7.99. The Hall–Kier alpha value is -2.30. The molecule has 2 aliphatic rings. The Bertz CT molecular complexity index is 1200. The monoisotopic (exact) mass is 459 g/mol. The molecule has 164 valence electrons. The van der Waals surface area contributed by atoms with Crippen LogP contribution < -0.4 is 5.32 Å². The van der Waals surface area contributed by atoms with Crippen LogP contribution in [-0.4, -0.2) is 58.6 Å². The minimum absolute atomic E-state index is 0.0722. The van der Waals surface area contributed by atoms with E-state index in [9.17, 15) is 13.2 Å². The molecule has 0 spiro atoms. The molecule has 0 radical (unpaired) electrons.